The molecule has 0 N–H and O–H groups in total. The number of fused-ring (bicyclic) bond motifs is 3. The summed E-state index contributed by atoms with van der Waals surface area (Å²) in [6, 6.07) is 35.6. The fourth-order valence-corrected chi connectivity index (χ4v) is 6.47. The standard InChI is InChI=1S/C34H29BN2O2S/c1-33(2)34(3,4)39-35(38-33)24-18-19-25-26-16-11-17-27(31(26)40-30(25)20-24)29-21-28(22-12-7-5-8-13-22)36-32(37-29)23-14-9-6-10-15-23/h5-21H,1-4H3. The molecule has 196 valence electrons. The van der Waals surface area contributed by atoms with Crippen LogP contribution >= 0.6 is 11.3 Å². The molecule has 1 saturated heterocycles. The Morgan fingerprint density at radius 2 is 1.27 bits per heavy atom. The Bertz CT molecular complexity index is 1790. The van der Waals surface area contributed by atoms with Crippen LogP contribution in [0, 0.1) is 0 Å². The van der Waals surface area contributed by atoms with E-state index in [-0.39, 0.29) is 18.3 Å². The summed E-state index contributed by atoms with van der Waals surface area (Å²) in [6.07, 6.45) is 0. The van der Waals surface area contributed by atoms with Crippen molar-refractivity contribution in [3.05, 3.63) is 103 Å². The Hall–Kier alpha value is -3.84. The zero-order valence-corrected chi connectivity index (χ0v) is 23.8. The zero-order chi connectivity index (χ0) is 27.5. The van der Waals surface area contributed by atoms with Crippen molar-refractivity contribution >= 4 is 44.1 Å². The van der Waals surface area contributed by atoms with Crippen LogP contribution in [0.4, 0.5) is 0 Å². The summed E-state index contributed by atoms with van der Waals surface area (Å²) >= 11 is 1.79. The highest BCUT2D eigenvalue weighted by Crippen LogP contribution is 2.41. The van der Waals surface area contributed by atoms with Crippen molar-refractivity contribution < 1.29 is 9.31 Å². The van der Waals surface area contributed by atoms with Crippen LogP contribution in [0.3, 0.4) is 0 Å². The number of aromatic nitrogens is 2. The fourth-order valence-electron chi connectivity index (χ4n) is 5.20. The van der Waals surface area contributed by atoms with Gasteiger partial charge >= 0.3 is 7.12 Å². The minimum atomic E-state index is -0.386. The minimum Gasteiger partial charge on any atom is -0.399 e. The highest BCUT2D eigenvalue weighted by Gasteiger charge is 2.51. The molecule has 0 radical (unpaired) electrons. The van der Waals surface area contributed by atoms with Crippen LogP contribution in [-0.4, -0.2) is 28.3 Å². The molecule has 0 spiro atoms. The zero-order valence-electron chi connectivity index (χ0n) is 23.0. The number of rotatable bonds is 4. The summed E-state index contributed by atoms with van der Waals surface area (Å²) in [5.41, 5.74) is 5.28. The van der Waals surface area contributed by atoms with Crippen LogP contribution in [0.5, 0.6) is 0 Å². The van der Waals surface area contributed by atoms with Crippen molar-refractivity contribution in [2.24, 2.45) is 0 Å². The van der Waals surface area contributed by atoms with Gasteiger partial charge in [0.05, 0.1) is 22.6 Å². The molecule has 0 atom stereocenters. The molecule has 0 bridgehead atoms. The number of benzene rings is 4. The van der Waals surface area contributed by atoms with Crippen molar-refractivity contribution in [3.63, 3.8) is 0 Å². The van der Waals surface area contributed by atoms with E-state index in [9.17, 15) is 0 Å². The lowest BCUT2D eigenvalue weighted by Gasteiger charge is -2.32. The predicted octanol–water partition coefficient (Wildman–Crippen LogP) is 8.14. The molecule has 3 heterocycles. The molecule has 1 aliphatic heterocycles. The molecule has 0 aliphatic carbocycles. The molecule has 1 fully saturated rings. The third-order valence-corrected chi connectivity index (χ3v) is 9.35. The minimum absolute atomic E-state index is 0.375. The van der Waals surface area contributed by atoms with E-state index in [1.807, 2.05) is 36.4 Å². The lowest BCUT2D eigenvalue weighted by Crippen LogP contribution is -2.41. The van der Waals surface area contributed by atoms with Crippen molar-refractivity contribution in [2.75, 3.05) is 0 Å². The van der Waals surface area contributed by atoms with Gasteiger partial charge in [-0.15, -0.1) is 11.3 Å². The Morgan fingerprint density at radius 1 is 0.625 bits per heavy atom. The van der Waals surface area contributed by atoms with E-state index in [4.69, 9.17) is 19.3 Å². The van der Waals surface area contributed by atoms with Gasteiger partial charge in [-0.25, -0.2) is 9.97 Å². The maximum atomic E-state index is 6.34. The quantitative estimate of drug-likeness (QED) is 0.212. The van der Waals surface area contributed by atoms with E-state index in [0.717, 1.165) is 39.4 Å². The van der Waals surface area contributed by atoms with E-state index in [2.05, 4.69) is 94.4 Å². The van der Waals surface area contributed by atoms with Gasteiger partial charge in [-0.1, -0.05) is 91.0 Å². The number of hydrogen-bond acceptors (Lipinski definition) is 5. The molecule has 7 rings (SSSR count). The van der Waals surface area contributed by atoms with Gasteiger partial charge in [0, 0.05) is 36.9 Å². The Labute approximate surface area is 238 Å². The molecule has 4 nitrogen and oxygen atoms in total. The summed E-state index contributed by atoms with van der Waals surface area (Å²) in [4.78, 5) is 10.1. The van der Waals surface area contributed by atoms with Crippen LogP contribution in [0.1, 0.15) is 27.7 Å². The predicted molar refractivity (Wildman–Crippen MR) is 167 cm³/mol. The van der Waals surface area contributed by atoms with Crippen LogP contribution < -0.4 is 5.46 Å². The molecule has 0 saturated carbocycles. The molecule has 2 aromatic heterocycles. The molecular weight excluding hydrogens is 511 g/mol. The van der Waals surface area contributed by atoms with E-state index in [0.29, 0.717) is 0 Å². The van der Waals surface area contributed by atoms with E-state index in [1.165, 1.54) is 20.2 Å². The first kappa shape index (κ1) is 25.2. The summed E-state index contributed by atoms with van der Waals surface area (Å²) in [6.45, 7) is 8.36. The first-order valence-corrected chi connectivity index (χ1v) is 14.4. The van der Waals surface area contributed by atoms with E-state index in [1.54, 1.807) is 11.3 Å². The van der Waals surface area contributed by atoms with Crippen LogP contribution in [-0.2, 0) is 9.31 Å². The molecule has 0 amide bonds. The fraction of sp³-hybridized carbons (Fsp3) is 0.176. The van der Waals surface area contributed by atoms with Gasteiger partial charge in [-0.3, -0.25) is 0 Å². The van der Waals surface area contributed by atoms with Crippen molar-refractivity contribution in [3.8, 4) is 33.9 Å². The Kier molecular flexibility index (Phi) is 5.90. The number of nitrogens with zero attached hydrogens (tertiary/aromatic N) is 2. The lowest BCUT2D eigenvalue weighted by atomic mass is 9.79. The van der Waals surface area contributed by atoms with Gasteiger partial charge in [-0.2, -0.15) is 0 Å². The second-order valence-corrected chi connectivity index (χ2v) is 12.4. The second kappa shape index (κ2) is 9.38. The van der Waals surface area contributed by atoms with Gasteiger partial charge in [0.2, 0.25) is 0 Å². The topological polar surface area (TPSA) is 44.2 Å². The Balaban J connectivity index is 1.38. The lowest BCUT2D eigenvalue weighted by molar-refractivity contribution is 0.00578. The summed E-state index contributed by atoms with van der Waals surface area (Å²) in [5.74, 6) is 0.720. The summed E-state index contributed by atoms with van der Waals surface area (Å²) in [7, 11) is -0.386. The molecular formula is C34H29BN2O2S. The first-order valence-electron chi connectivity index (χ1n) is 13.6. The molecule has 40 heavy (non-hydrogen) atoms. The van der Waals surface area contributed by atoms with Gasteiger partial charge in [0.1, 0.15) is 0 Å². The average Bonchev–Trinajstić information content (AvgIpc) is 3.45. The number of thiophene rings is 1. The van der Waals surface area contributed by atoms with Gasteiger partial charge in [0.15, 0.2) is 5.82 Å². The maximum Gasteiger partial charge on any atom is 0.494 e. The Morgan fingerprint density at radius 3 is 1.98 bits per heavy atom. The SMILES string of the molecule is CC1(C)OB(c2ccc3c(c2)sc2c(-c4cc(-c5ccccc5)nc(-c5ccccc5)n4)cccc23)OC1(C)C. The van der Waals surface area contributed by atoms with Gasteiger partial charge in [-0.05, 0) is 45.3 Å². The van der Waals surface area contributed by atoms with Crippen molar-refractivity contribution in [1.29, 1.82) is 0 Å². The summed E-state index contributed by atoms with van der Waals surface area (Å²) < 4.78 is 15.1. The van der Waals surface area contributed by atoms with E-state index < -0.39 is 0 Å². The van der Waals surface area contributed by atoms with Crippen LogP contribution in [0.25, 0.3) is 54.1 Å². The largest absolute Gasteiger partial charge is 0.494 e. The summed E-state index contributed by atoms with van der Waals surface area (Å²) in [5, 5.41) is 2.45. The average molecular weight is 540 g/mol. The first-order chi connectivity index (χ1) is 19.3. The third kappa shape index (κ3) is 4.24. The van der Waals surface area contributed by atoms with Crippen LogP contribution in [0.2, 0.25) is 0 Å². The smallest absolute Gasteiger partial charge is 0.399 e. The molecule has 4 aromatic carbocycles. The third-order valence-electron chi connectivity index (χ3n) is 8.15. The highest BCUT2D eigenvalue weighted by atomic mass is 32.1. The van der Waals surface area contributed by atoms with Crippen molar-refractivity contribution in [2.45, 2.75) is 38.9 Å². The van der Waals surface area contributed by atoms with Crippen molar-refractivity contribution in [1.82, 2.24) is 9.97 Å². The van der Waals surface area contributed by atoms with Gasteiger partial charge < -0.3 is 9.31 Å². The molecule has 6 aromatic rings. The van der Waals surface area contributed by atoms with E-state index >= 15 is 0 Å². The monoisotopic (exact) mass is 540 g/mol. The molecule has 6 heteroatoms. The van der Waals surface area contributed by atoms with Crippen LogP contribution in [0.15, 0.2) is 103 Å². The second-order valence-electron chi connectivity index (χ2n) is 11.3. The normalized spacial score (nSPS) is 16.1. The number of hydrogen-bond donors (Lipinski definition) is 0. The molecule has 1 aliphatic rings. The maximum absolute atomic E-state index is 6.34. The van der Waals surface area contributed by atoms with Gasteiger partial charge in [0.25, 0.3) is 0 Å². The molecule has 0 unspecified atom stereocenters. The highest BCUT2D eigenvalue weighted by molar-refractivity contribution is 7.26.